The minimum Gasteiger partial charge on any atom is -0.412 e. The third kappa shape index (κ3) is 2.63. The number of carbonyl (C=O) groups excluding carboxylic acids is 1. The zero-order valence-corrected chi connectivity index (χ0v) is 9.22. The number of carbonyl (C=O) groups is 1. The minimum absolute atomic E-state index is 0.0959. The Bertz CT molecular complexity index is 196. The molecule has 0 atom stereocenters. The summed E-state index contributed by atoms with van der Waals surface area (Å²) in [6.45, 7) is 8.53. The highest BCUT2D eigenvalue weighted by atomic mass is 31.2. The van der Waals surface area contributed by atoms with Crippen molar-refractivity contribution in [3.63, 3.8) is 0 Å². The van der Waals surface area contributed by atoms with E-state index in [0.717, 1.165) is 0 Å². The zero-order valence-electron chi connectivity index (χ0n) is 8.33. The minimum atomic E-state index is -2.77. The van der Waals surface area contributed by atoms with E-state index in [1.54, 1.807) is 0 Å². The van der Waals surface area contributed by atoms with Crippen molar-refractivity contribution < 1.29 is 13.9 Å². The molecule has 0 amide bonds. The standard InChI is InChI=1S/C8H17O3P/c1-6(2)12(10,7(3)4)11-8(5)9/h6-7H,1-5H3. The maximum atomic E-state index is 12.0. The highest BCUT2D eigenvalue weighted by Crippen LogP contribution is 2.55. The molecule has 4 heteroatoms. The smallest absolute Gasteiger partial charge is 0.307 e. The quantitative estimate of drug-likeness (QED) is 0.645. The van der Waals surface area contributed by atoms with Crippen LogP contribution in [0.5, 0.6) is 0 Å². The van der Waals surface area contributed by atoms with Crippen LogP contribution in [0.15, 0.2) is 0 Å². The van der Waals surface area contributed by atoms with E-state index in [0.29, 0.717) is 0 Å². The summed E-state index contributed by atoms with van der Waals surface area (Å²) >= 11 is 0. The molecule has 12 heavy (non-hydrogen) atoms. The first-order valence-electron chi connectivity index (χ1n) is 4.10. The van der Waals surface area contributed by atoms with E-state index < -0.39 is 13.3 Å². The van der Waals surface area contributed by atoms with E-state index in [2.05, 4.69) is 0 Å². The lowest BCUT2D eigenvalue weighted by Crippen LogP contribution is -2.13. The van der Waals surface area contributed by atoms with E-state index >= 15 is 0 Å². The van der Waals surface area contributed by atoms with Gasteiger partial charge in [0.2, 0.25) is 0 Å². The van der Waals surface area contributed by atoms with Crippen LogP contribution in [0.4, 0.5) is 0 Å². The van der Waals surface area contributed by atoms with Gasteiger partial charge in [-0.05, 0) is 0 Å². The molecule has 0 spiro atoms. The fourth-order valence-corrected chi connectivity index (χ4v) is 3.02. The van der Waals surface area contributed by atoms with Gasteiger partial charge in [-0.3, -0.25) is 9.36 Å². The third-order valence-electron chi connectivity index (χ3n) is 1.71. The van der Waals surface area contributed by atoms with Gasteiger partial charge in [0.25, 0.3) is 7.37 Å². The summed E-state index contributed by atoms with van der Waals surface area (Å²) < 4.78 is 16.9. The van der Waals surface area contributed by atoms with Crippen molar-refractivity contribution in [1.29, 1.82) is 0 Å². The highest BCUT2D eigenvalue weighted by molar-refractivity contribution is 7.60. The summed E-state index contributed by atoms with van der Waals surface area (Å²) in [5.41, 5.74) is -0.192. The summed E-state index contributed by atoms with van der Waals surface area (Å²) in [7, 11) is -2.77. The molecule has 0 heterocycles. The van der Waals surface area contributed by atoms with Gasteiger partial charge < -0.3 is 4.52 Å². The van der Waals surface area contributed by atoms with Gasteiger partial charge in [-0.1, -0.05) is 27.7 Å². The van der Waals surface area contributed by atoms with Crippen LogP contribution in [-0.2, 0) is 13.9 Å². The number of hydrogen-bond acceptors (Lipinski definition) is 3. The first-order valence-corrected chi connectivity index (χ1v) is 5.86. The molecule has 0 N–H and O–H groups in total. The fourth-order valence-electron chi connectivity index (χ4n) is 1.01. The summed E-state index contributed by atoms with van der Waals surface area (Å²) in [6, 6.07) is 0. The van der Waals surface area contributed by atoms with Gasteiger partial charge in [-0.25, -0.2) is 0 Å². The molecule has 0 aromatic rings. The molecular formula is C8H17O3P. The van der Waals surface area contributed by atoms with Crippen molar-refractivity contribution in [2.45, 2.75) is 45.9 Å². The van der Waals surface area contributed by atoms with E-state index in [4.69, 9.17) is 4.52 Å². The van der Waals surface area contributed by atoms with Crippen molar-refractivity contribution in [2.24, 2.45) is 0 Å². The summed E-state index contributed by atoms with van der Waals surface area (Å²) in [5.74, 6) is -0.458. The molecule has 0 rings (SSSR count). The van der Waals surface area contributed by atoms with Gasteiger partial charge in [-0.2, -0.15) is 0 Å². The normalized spacial score (nSPS) is 12.2. The molecule has 72 valence electrons. The van der Waals surface area contributed by atoms with Crippen LogP contribution >= 0.6 is 7.37 Å². The Hall–Kier alpha value is -0.300. The van der Waals surface area contributed by atoms with Crippen LogP contribution in [0.25, 0.3) is 0 Å². The molecule has 0 aromatic carbocycles. The second-order valence-corrected chi connectivity index (χ2v) is 6.95. The molecule has 0 fully saturated rings. The Morgan fingerprint density at radius 2 is 1.50 bits per heavy atom. The van der Waals surface area contributed by atoms with Crippen LogP contribution < -0.4 is 0 Å². The largest absolute Gasteiger partial charge is 0.412 e. The average Bonchev–Trinajstić information content (AvgIpc) is 1.84. The van der Waals surface area contributed by atoms with Crippen LogP contribution in [0.2, 0.25) is 0 Å². The summed E-state index contributed by atoms with van der Waals surface area (Å²) in [6.07, 6.45) is 0. The van der Waals surface area contributed by atoms with Crippen LogP contribution in [0, 0.1) is 0 Å². The lowest BCUT2D eigenvalue weighted by atomic mass is 10.5. The van der Waals surface area contributed by atoms with Crippen LogP contribution in [0.3, 0.4) is 0 Å². The van der Waals surface area contributed by atoms with E-state index in [1.807, 2.05) is 27.7 Å². The van der Waals surface area contributed by atoms with Crippen molar-refractivity contribution in [2.75, 3.05) is 0 Å². The molecule has 0 unspecified atom stereocenters. The highest BCUT2D eigenvalue weighted by Gasteiger charge is 2.33. The Kier molecular flexibility index (Phi) is 3.98. The molecule has 0 saturated heterocycles. The van der Waals surface area contributed by atoms with Gasteiger partial charge in [0.15, 0.2) is 0 Å². The number of rotatable bonds is 3. The van der Waals surface area contributed by atoms with Gasteiger partial charge in [-0.15, -0.1) is 0 Å². The topological polar surface area (TPSA) is 43.4 Å². The van der Waals surface area contributed by atoms with Gasteiger partial charge in [0.1, 0.15) is 0 Å². The Balaban J connectivity index is 4.64. The van der Waals surface area contributed by atoms with Gasteiger partial charge in [0, 0.05) is 18.2 Å². The van der Waals surface area contributed by atoms with Crippen molar-refractivity contribution in [1.82, 2.24) is 0 Å². The Morgan fingerprint density at radius 3 is 1.58 bits per heavy atom. The third-order valence-corrected chi connectivity index (χ3v) is 5.13. The van der Waals surface area contributed by atoms with Crippen LogP contribution in [-0.4, -0.2) is 17.3 Å². The molecule has 0 aliphatic heterocycles. The molecule has 0 aliphatic carbocycles. The first kappa shape index (κ1) is 11.7. The molecule has 0 aromatic heterocycles. The predicted molar refractivity (Wildman–Crippen MR) is 49.6 cm³/mol. The summed E-state index contributed by atoms with van der Waals surface area (Å²) in [4.78, 5) is 10.7. The maximum absolute atomic E-state index is 12.0. The first-order chi connectivity index (χ1) is 5.30. The lowest BCUT2D eigenvalue weighted by molar-refractivity contribution is -0.131. The molecular weight excluding hydrogens is 175 g/mol. The van der Waals surface area contributed by atoms with Gasteiger partial charge in [0.05, 0.1) is 0 Å². The van der Waals surface area contributed by atoms with Gasteiger partial charge >= 0.3 is 5.97 Å². The lowest BCUT2D eigenvalue weighted by Gasteiger charge is -2.24. The number of hydrogen-bond donors (Lipinski definition) is 0. The molecule has 0 bridgehead atoms. The van der Waals surface area contributed by atoms with E-state index in [9.17, 15) is 9.36 Å². The predicted octanol–water partition coefficient (Wildman–Crippen LogP) is 2.64. The molecule has 0 aliphatic rings. The monoisotopic (exact) mass is 192 g/mol. The summed E-state index contributed by atoms with van der Waals surface area (Å²) in [5, 5.41) is 0. The Morgan fingerprint density at radius 1 is 1.17 bits per heavy atom. The van der Waals surface area contributed by atoms with Crippen molar-refractivity contribution >= 4 is 13.3 Å². The fraction of sp³-hybridized carbons (Fsp3) is 0.875. The molecule has 3 nitrogen and oxygen atoms in total. The molecule has 0 saturated carbocycles. The van der Waals surface area contributed by atoms with E-state index in [-0.39, 0.29) is 11.3 Å². The van der Waals surface area contributed by atoms with Crippen molar-refractivity contribution in [3.8, 4) is 0 Å². The average molecular weight is 192 g/mol. The maximum Gasteiger partial charge on any atom is 0.307 e. The van der Waals surface area contributed by atoms with E-state index in [1.165, 1.54) is 6.92 Å². The second-order valence-electron chi connectivity index (χ2n) is 3.42. The Labute approximate surface area is 73.9 Å². The second kappa shape index (κ2) is 4.08. The SMILES string of the molecule is CC(=O)OP(=O)(C(C)C)C(C)C. The molecule has 0 radical (unpaired) electrons. The zero-order chi connectivity index (χ0) is 9.94. The van der Waals surface area contributed by atoms with Crippen molar-refractivity contribution in [3.05, 3.63) is 0 Å². The van der Waals surface area contributed by atoms with Crippen LogP contribution in [0.1, 0.15) is 34.6 Å².